The standard InChI is InChI=1S/C20H20FN3O3/c1-13-12-18(14(2)24(13)16-7-5-15(21)6-8-16)20(26)23-22-19(25)10-9-17-4-3-11-27-17/h3-8,11-12H,9-10H2,1-2H3,(H,22,25)(H,23,26). The molecule has 0 fully saturated rings. The summed E-state index contributed by atoms with van der Waals surface area (Å²) in [5.41, 5.74) is 7.55. The smallest absolute Gasteiger partial charge is 0.271 e. The number of furan rings is 1. The van der Waals surface area contributed by atoms with Crippen molar-refractivity contribution >= 4 is 11.8 Å². The van der Waals surface area contributed by atoms with Crippen LogP contribution in [0.5, 0.6) is 0 Å². The van der Waals surface area contributed by atoms with E-state index in [1.54, 1.807) is 43.5 Å². The summed E-state index contributed by atoms with van der Waals surface area (Å²) in [6, 6.07) is 11.3. The molecule has 0 atom stereocenters. The van der Waals surface area contributed by atoms with Gasteiger partial charge in [-0.05, 0) is 56.3 Å². The van der Waals surface area contributed by atoms with Crippen LogP contribution >= 0.6 is 0 Å². The molecule has 0 bridgehead atoms. The first-order valence-corrected chi connectivity index (χ1v) is 8.52. The molecule has 2 aromatic heterocycles. The molecule has 2 heterocycles. The normalized spacial score (nSPS) is 10.6. The van der Waals surface area contributed by atoms with Gasteiger partial charge in [-0.1, -0.05) is 0 Å². The van der Waals surface area contributed by atoms with E-state index in [1.807, 2.05) is 11.5 Å². The van der Waals surface area contributed by atoms with Crippen LogP contribution < -0.4 is 10.9 Å². The Hall–Kier alpha value is -3.35. The van der Waals surface area contributed by atoms with E-state index in [4.69, 9.17) is 4.42 Å². The lowest BCUT2D eigenvalue weighted by atomic mass is 10.2. The van der Waals surface area contributed by atoms with Gasteiger partial charge in [0.1, 0.15) is 11.6 Å². The fraction of sp³-hybridized carbons (Fsp3) is 0.200. The molecule has 6 nitrogen and oxygen atoms in total. The average Bonchev–Trinajstić information content (AvgIpc) is 3.27. The van der Waals surface area contributed by atoms with Crippen LogP contribution in [-0.4, -0.2) is 16.4 Å². The van der Waals surface area contributed by atoms with E-state index in [1.165, 1.54) is 12.1 Å². The van der Waals surface area contributed by atoms with Gasteiger partial charge in [0.15, 0.2) is 0 Å². The third-order valence-electron chi connectivity index (χ3n) is 4.25. The molecule has 0 spiro atoms. The van der Waals surface area contributed by atoms with Crippen LogP contribution in [0.4, 0.5) is 4.39 Å². The molecular weight excluding hydrogens is 349 g/mol. The Morgan fingerprint density at radius 2 is 1.85 bits per heavy atom. The number of carbonyl (C=O) groups is 2. The van der Waals surface area contributed by atoms with Gasteiger partial charge in [0.2, 0.25) is 5.91 Å². The van der Waals surface area contributed by atoms with Gasteiger partial charge < -0.3 is 8.98 Å². The predicted octanol–water partition coefficient (Wildman–Crippen LogP) is 3.22. The Balaban J connectivity index is 1.64. The number of amides is 2. The molecule has 3 rings (SSSR count). The number of hydrazine groups is 1. The largest absolute Gasteiger partial charge is 0.469 e. The van der Waals surface area contributed by atoms with Crippen molar-refractivity contribution in [3.8, 4) is 5.69 Å². The first kappa shape index (κ1) is 18.4. The van der Waals surface area contributed by atoms with Crippen molar-refractivity contribution in [3.05, 3.63) is 77.3 Å². The summed E-state index contributed by atoms with van der Waals surface area (Å²) in [7, 11) is 0. The van der Waals surface area contributed by atoms with E-state index < -0.39 is 5.91 Å². The van der Waals surface area contributed by atoms with Gasteiger partial charge in [-0.3, -0.25) is 20.4 Å². The van der Waals surface area contributed by atoms with Crippen LogP contribution in [0.1, 0.15) is 33.9 Å². The van der Waals surface area contributed by atoms with E-state index in [9.17, 15) is 14.0 Å². The molecular formula is C20H20FN3O3. The zero-order valence-electron chi connectivity index (χ0n) is 15.1. The van der Waals surface area contributed by atoms with Gasteiger partial charge in [-0.25, -0.2) is 4.39 Å². The number of hydrogen-bond donors (Lipinski definition) is 2. The van der Waals surface area contributed by atoms with E-state index in [2.05, 4.69) is 10.9 Å². The van der Waals surface area contributed by atoms with Crippen molar-refractivity contribution in [2.24, 2.45) is 0 Å². The number of rotatable bonds is 5. The Bertz CT molecular complexity index is 944. The highest BCUT2D eigenvalue weighted by atomic mass is 19.1. The highest BCUT2D eigenvalue weighted by Gasteiger charge is 2.17. The number of nitrogens with one attached hydrogen (secondary N) is 2. The van der Waals surface area contributed by atoms with Gasteiger partial charge in [-0.2, -0.15) is 0 Å². The minimum atomic E-state index is -0.414. The first-order valence-electron chi connectivity index (χ1n) is 8.52. The minimum Gasteiger partial charge on any atom is -0.469 e. The van der Waals surface area contributed by atoms with Crippen molar-refractivity contribution in [1.82, 2.24) is 15.4 Å². The average molecular weight is 369 g/mol. The maximum Gasteiger partial charge on any atom is 0.271 e. The second-order valence-corrected chi connectivity index (χ2v) is 6.18. The Labute approximate surface area is 156 Å². The summed E-state index contributed by atoms with van der Waals surface area (Å²) in [6.07, 6.45) is 2.20. The number of carbonyl (C=O) groups excluding carboxylic acids is 2. The molecule has 2 amide bonds. The van der Waals surface area contributed by atoms with E-state index in [0.29, 0.717) is 23.4 Å². The number of nitrogens with zero attached hydrogens (tertiary/aromatic N) is 1. The van der Waals surface area contributed by atoms with Gasteiger partial charge in [0, 0.05) is 29.9 Å². The molecule has 0 aliphatic heterocycles. The number of benzene rings is 1. The highest BCUT2D eigenvalue weighted by Crippen LogP contribution is 2.21. The van der Waals surface area contributed by atoms with Crippen LogP contribution in [-0.2, 0) is 11.2 Å². The van der Waals surface area contributed by atoms with Crippen molar-refractivity contribution in [3.63, 3.8) is 0 Å². The summed E-state index contributed by atoms with van der Waals surface area (Å²) in [5.74, 6) is -0.342. The lowest BCUT2D eigenvalue weighted by Gasteiger charge is -2.10. The van der Waals surface area contributed by atoms with E-state index in [0.717, 1.165) is 11.4 Å². The monoisotopic (exact) mass is 369 g/mol. The van der Waals surface area contributed by atoms with Crippen LogP contribution in [0, 0.1) is 19.7 Å². The summed E-state index contributed by atoms with van der Waals surface area (Å²) in [5, 5.41) is 0. The molecule has 0 aliphatic rings. The third-order valence-corrected chi connectivity index (χ3v) is 4.25. The molecule has 0 unspecified atom stereocenters. The summed E-state index contributed by atoms with van der Waals surface area (Å²) < 4.78 is 20.2. The van der Waals surface area contributed by atoms with Crippen LogP contribution in [0.25, 0.3) is 5.69 Å². The fourth-order valence-corrected chi connectivity index (χ4v) is 2.93. The maximum atomic E-state index is 13.1. The van der Waals surface area contributed by atoms with Crippen molar-refractivity contribution < 1.29 is 18.4 Å². The van der Waals surface area contributed by atoms with Crippen LogP contribution in [0.15, 0.2) is 53.1 Å². The molecule has 0 saturated heterocycles. The highest BCUT2D eigenvalue weighted by molar-refractivity contribution is 5.97. The zero-order chi connectivity index (χ0) is 19.4. The molecule has 7 heteroatoms. The van der Waals surface area contributed by atoms with Crippen LogP contribution in [0.3, 0.4) is 0 Å². The zero-order valence-corrected chi connectivity index (χ0v) is 15.1. The Morgan fingerprint density at radius 1 is 1.11 bits per heavy atom. The second-order valence-electron chi connectivity index (χ2n) is 6.18. The molecule has 0 aliphatic carbocycles. The SMILES string of the molecule is Cc1cc(C(=O)NNC(=O)CCc2ccco2)c(C)n1-c1ccc(F)cc1. The van der Waals surface area contributed by atoms with E-state index in [-0.39, 0.29) is 18.1 Å². The molecule has 3 aromatic rings. The van der Waals surface area contributed by atoms with Crippen molar-refractivity contribution in [1.29, 1.82) is 0 Å². The third kappa shape index (κ3) is 4.25. The maximum absolute atomic E-state index is 13.1. The van der Waals surface area contributed by atoms with Crippen molar-refractivity contribution in [2.45, 2.75) is 26.7 Å². The van der Waals surface area contributed by atoms with Crippen molar-refractivity contribution in [2.75, 3.05) is 0 Å². The summed E-state index contributed by atoms with van der Waals surface area (Å²) in [4.78, 5) is 24.3. The number of halogens is 1. The quantitative estimate of drug-likeness (QED) is 0.678. The predicted molar refractivity (Wildman–Crippen MR) is 97.8 cm³/mol. The summed E-state index contributed by atoms with van der Waals surface area (Å²) in [6.45, 7) is 3.65. The molecule has 0 radical (unpaired) electrons. The molecule has 1 aromatic carbocycles. The van der Waals surface area contributed by atoms with Gasteiger partial charge in [-0.15, -0.1) is 0 Å². The minimum absolute atomic E-state index is 0.197. The molecule has 27 heavy (non-hydrogen) atoms. The molecule has 2 N–H and O–H groups in total. The topological polar surface area (TPSA) is 76.3 Å². The fourth-order valence-electron chi connectivity index (χ4n) is 2.93. The first-order chi connectivity index (χ1) is 13.0. The number of aromatic nitrogens is 1. The summed E-state index contributed by atoms with van der Waals surface area (Å²) >= 11 is 0. The number of aryl methyl sites for hydroxylation is 2. The van der Waals surface area contributed by atoms with E-state index >= 15 is 0 Å². The van der Waals surface area contributed by atoms with Gasteiger partial charge in [0.05, 0.1) is 11.8 Å². The van der Waals surface area contributed by atoms with Gasteiger partial charge in [0.25, 0.3) is 5.91 Å². The Morgan fingerprint density at radius 3 is 2.52 bits per heavy atom. The number of hydrogen-bond acceptors (Lipinski definition) is 3. The lowest BCUT2D eigenvalue weighted by Crippen LogP contribution is -2.41. The van der Waals surface area contributed by atoms with Gasteiger partial charge >= 0.3 is 0 Å². The van der Waals surface area contributed by atoms with Crippen LogP contribution in [0.2, 0.25) is 0 Å². The molecule has 140 valence electrons. The Kier molecular flexibility index (Phi) is 5.40. The lowest BCUT2D eigenvalue weighted by molar-refractivity contribution is -0.121. The second kappa shape index (κ2) is 7.90. The molecule has 0 saturated carbocycles.